The lowest BCUT2D eigenvalue weighted by Crippen LogP contribution is -2.48. The van der Waals surface area contributed by atoms with Crippen molar-refractivity contribution in [2.45, 2.75) is 32.4 Å². The molecule has 1 aromatic carbocycles. The molecule has 19 heavy (non-hydrogen) atoms. The molecular weight excluding hydrogens is 242 g/mol. The maximum absolute atomic E-state index is 11.9. The third-order valence-corrected chi connectivity index (χ3v) is 3.30. The van der Waals surface area contributed by atoms with E-state index < -0.39 is 0 Å². The van der Waals surface area contributed by atoms with Crippen molar-refractivity contribution in [1.29, 1.82) is 0 Å². The molecule has 0 aromatic heterocycles. The van der Waals surface area contributed by atoms with Crippen molar-refractivity contribution in [2.24, 2.45) is 0 Å². The average molecular weight is 261 g/mol. The van der Waals surface area contributed by atoms with E-state index in [9.17, 15) is 9.59 Å². The van der Waals surface area contributed by atoms with Crippen LogP contribution in [-0.2, 0) is 20.9 Å². The number of hydrogen-bond acceptors (Lipinski definition) is 4. The van der Waals surface area contributed by atoms with Crippen molar-refractivity contribution in [2.75, 3.05) is 13.2 Å². The summed E-state index contributed by atoms with van der Waals surface area (Å²) in [5.41, 5.74) is 1.10. The lowest BCUT2D eigenvalue weighted by Gasteiger charge is -2.33. The van der Waals surface area contributed by atoms with Gasteiger partial charge in [0.2, 0.25) is 0 Å². The molecule has 4 heteroatoms. The van der Waals surface area contributed by atoms with Crippen molar-refractivity contribution in [3.8, 4) is 0 Å². The van der Waals surface area contributed by atoms with Gasteiger partial charge in [-0.15, -0.1) is 0 Å². The molecule has 1 heterocycles. The Balaban J connectivity index is 2.08. The average Bonchev–Trinajstić information content (AvgIpc) is 2.40. The SMILES string of the molecule is CCOC(=O)C1CCC(=O)CN1Cc1ccccc1. The highest BCUT2D eigenvalue weighted by Gasteiger charge is 2.32. The first-order chi connectivity index (χ1) is 9.20. The summed E-state index contributed by atoms with van der Waals surface area (Å²) in [5.74, 6) is -0.0255. The molecule has 1 aromatic rings. The van der Waals surface area contributed by atoms with E-state index in [0.717, 1.165) is 5.56 Å². The fourth-order valence-corrected chi connectivity index (χ4v) is 2.39. The minimum Gasteiger partial charge on any atom is -0.465 e. The molecular formula is C15H19NO3. The van der Waals surface area contributed by atoms with Gasteiger partial charge in [0.1, 0.15) is 11.8 Å². The zero-order valence-electron chi connectivity index (χ0n) is 11.2. The fourth-order valence-electron chi connectivity index (χ4n) is 2.39. The predicted molar refractivity (Wildman–Crippen MR) is 71.5 cm³/mol. The van der Waals surface area contributed by atoms with Gasteiger partial charge in [0, 0.05) is 13.0 Å². The molecule has 1 aliphatic rings. The summed E-state index contributed by atoms with van der Waals surface area (Å²) in [7, 11) is 0. The summed E-state index contributed by atoms with van der Waals surface area (Å²) < 4.78 is 5.09. The Kier molecular flexibility index (Phi) is 4.68. The van der Waals surface area contributed by atoms with Crippen LogP contribution in [0.2, 0.25) is 0 Å². The number of rotatable bonds is 4. The van der Waals surface area contributed by atoms with Gasteiger partial charge in [0.25, 0.3) is 0 Å². The molecule has 1 saturated heterocycles. The Morgan fingerprint density at radius 2 is 2.11 bits per heavy atom. The van der Waals surface area contributed by atoms with Gasteiger partial charge < -0.3 is 4.74 Å². The summed E-state index contributed by atoms with van der Waals surface area (Å²) in [6, 6.07) is 9.58. The van der Waals surface area contributed by atoms with Gasteiger partial charge in [-0.2, -0.15) is 0 Å². The number of esters is 1. The number of carbonyl (C=O) groups excluding carboxylic acids is 2. The van der Waals surface area contributed by atoms with Gasteiger partial charge in [0.15, 0.2) is 0 Å². The van der Waals surface area contributed by atoms with Crippen molar-refractivity contribution in [3.05, 3.63) is 35.9 Å². The number of piperidine rings is 1. The van der Waals surface area contributed by atoms with Crippen molar-refractivity contribution in [3.63, 3.8) is 0 Å². The Hall–Kier alpha value is -1.68. The molecule has 1 atom stereocenters. The molecule has 0 spiro atoms. The summed E-state index contributed by atoms with van der Waals surface area (Å²) in [6.45, 7) is 3.12. The maximum Gasteiger partial charge on any atom is 0.323 e. The standard InChI is InChI=1S/C15H19NO3/c1-2-19-15(18)14-9-8-13(17)11-16(14)10-12-6-4-3-5-7-12/h3-7,14H,2,8-11H2,1H3. The van der Waals surface area contributed by atoms with Gasteiger partial charge >= 0.3 is 5.97 Å². The Morgan fingerprint density at radius 3 is 2.79 bits per heavy atom. The summed E-state index contributed by atoms with van der Waals surface area (Å²) in [6.07, 6.45) is 1.03. The molecule has 0 radical (unpaired) electrons. The third kappa shape index (κ3) is 3.64. The van der Waals surface area contributed by atoms with E-state index in [-0.39, 0.29) is 17.8 Å². The monoisotopic (exact) mass is 261 g/mol. The van der Waals surface area contributed by atoms with Crippen LogP contribution < -0.4 is 0 Å². The first-order valence-electron chi connectivity index (χ1n) is 6.67. The molecule has 0 aliphatic carbocycles. The number of nitrogens with zero attached hydrogens (tertiary/aromatic N) is 1. The molecule has 0 bridgehead atoms. The van der Waals surface area contributed by atoms with Gasteiger partial charge in [-0.25, -0.2) is 0 Å². The second kappa shape index (κ2) is 6.48. The van der Waals surface area contributed by atoms with Crippen LogP contribution in [0.4, 0.5) is 0 Å². The third-order valence-electron chi connectivity index (χ3n) is 3.30. The molecule has 102 valence electrons. The van der Waals surface area contributed by atoms with Gasteiger partial charge in [-0.05, 0) is 18.9 Å². The molecule has 1 unspecified atom stereocenters. The second-order valence-corrected chi connectivity index (χ2v) is 4.74. The zero-order valence-corrected chi connectivity index (χ0v) is 11.2. The summed E-state index contributed by atoms with van der Waals surface area (Å²) >= 11 is 0. The molecule has 0 N–H and O–H groups in total. The van der Waals surface area contributed by atoms with Crippen LogP contribution in [0.5, 0.6) is 0 Å². The van der Waals surface area contributed by atoms with E-state index in [2.05, 4.69) is 0 Å². The lowest BCUT2D eigenvalue weighted by molar-refractivity contribution is -0.152. The number of benzene rings is 1. The molecule has 0 saturated carbocycles. The first-order valence-corrected chi connectivity index (χ1v) is 6.67. The lowest BCUT2D eigenvalue weighted by atomic mass is 10.0. The highest BCUT2D eigenvalue weighted by molar-refractivity contribution is 5.85. The van der Waals surface area contributed by atoms with Crippen molar-refractivity contribution in [1.82, 2.24) is 4.90 Å². The Morgan fingerprint density at radius 1 is 1.37 bits per heavy atom. The minimum atomic E-state index is -0.294. The van der Waals surface area contributed by atoms with Crippen LogP contribution in [-0.4, -0.2) is 35.8 Å². The van der Waals surface area contributed by atoms with Crippen LogP contribution in [0.1, 0.15) is 25.3 Å². The molecule has 1 fully saturated rings. The van der Waals surface area contributed by atoms with E-state index in [1.54, 1.807) is 6.92 Å². The second-order valence-electron chi connectivity index (χ2n) is 4.74. The Bertz CT molecular complexity index is 444. The quantitative estimate of drug-likeness (QED) is 0.775. The van der Waals surface area contributed by atoms with E-state index in [4.69, 9.17) is 4.74 Å². The summed E-state index contributed by atoms with van der Waals surface area (Å²) in [5, 5.41) is 0. The fraction of sp³-hybridized carbons (Fsp3) is 0.467. The van der Waals surface area contributed by atoms with Crippen LogP contribution in [0.15, 0.2) is 30.3 Å². The van der Waals surface area contributed by atoms with Gasteiger partial charge in [0.05, 0.1) is 13.2 Å². The predicted octanol–water partition coefficient (Wildman–Crippen LogP) is 1.78. The van der Waals surface area contributed by atoms with Crippen molar-refractivity contribution < 1.29 is 14.3 Å². The van der Waals surface area contributed by atoms with E-state index in [1.165, 1.54) is 0 Å². The highest BCUT2D eigenvalue weighted by Crippen LogP contribution is 2.19. The summed E-state index contributed by atoms with van der Waals surface area (Å²) in [4.78, 5) is 25.4. The number of likely N-dealkylation sites (tertiary alicyclic amines) is 1. The largest absolute Gasteiger partial charge is 0.465 e. The first kappa shape index (κ1) is 13.7. The van der Waals surface area contributed by atoms with Crippen LogP contribution in [0, 0.1) is 0 Å². The number of Topliss-reactive ketones (excluding diaryl/α,β-unsaturated/α-hetero) is 1. The van der Waals surface area contributed by atoms with Crippen molar-refractivity contribution >= 4 is 11.8 Å². The van der Waals surface area contributed by atoms with Gasteiger partial charge in [-0.3, -0.25) is 14.5 Å². The molecule has 4 nitrogen and oxygen atoms in total. The zero-order chi connectivity index (χ0) is 13.7. The van der Waals surface area contributed by atoms with E-state index in [1.807, 2.05) is 35.2 Å². The molecule has 2 rings (SSSR count). The maximum atomic E-state index is 11.9. The smallest absolute Gasteiger partial charge is 0.323 e. The minimum absolute atomic E-state index is 0.191. The highest BCUT2D eigenvalue weighted by atomic mass is 16.5. The molecule has 0 amide bonds. The number of carbonyl (C=O) groups is 2. The van der Waals surface area contributed by atoms with Gasteiger partial charge in [-0.1, -0.05) is 30.3 Å². The van der Waals surface area contributed by atoms with Crippen LogP contribution in [0.3, 0.4) is 0 Å². The van der Waals surface area contributed by atoms with Crippen LogP contribution in [0.25, 0.3) is 0 Å². The molecule has 1 aliphatic heterocycles. The number of ether oxygens (including phenoxy) is 1. The number of hydrogen-bond donors (Lipinski definition) is 0. The van der Waals surface area contributed by atoms with E-state index >= 15 is 0 Å². The topological polar surface area (TPSA) is 46.6 Å². The normalized spacial score (nSPS) is 20.3. The number of ketones is 1. The van der Waals surface area contributed by atoms with E-state index in [0.29, 0.717) is 32.5 Å². The van der Waals surface area contributed by atoms with Crippen LogP contribution >= 0.6 is 0 Å². The Labute approximate surface area is 113 Å².